The number of aromatic nitrogens is 3. The normalized spacial score (nSPS) is 11.3. The fraction of sp³-hybridized carbons (Fsp3) is 0.833. The number of rotatable bonds is 9. The van der Waals surface area contributed by atoms with Crippen molar-refractivity contribution in [2.24, 2.45) is 5.92 Å². The predicted octanol–water partition coefficient (Wildman–Crippen LogP) is 2.17. The van der Waals surface area contributed by atoms with Gasteiger partial charge in [-0.25, -0.2) is 9.67 Å². The van der Waals surface area contributed by atoms with Gasteiger partial charge in [0.05, 0.1) is 6.54 Å². The van der Waals surface area contributed by atoms with Crippen molar-refractivity contribution in [2.45, 2.75) is 40.3 Å². The van der Waals surface area contributed by atoms with Crippen molar-refractivity contribution in [3.05, 3.63) is 12.2 Å². The minimum Gasteiger partial charge on any atom is -0.310 e. The SMILES string of the molecule is CCSCCCn1ncnc1CNCC(C)C. The zero-order valence-electron chi connectivity index (χ0n) is 11.1. The summed E-state index contributed by atoms with van der Waals surface area (Å²) >= 11 is 1.98. The Hall–Kier alpha value is -0.550. The number of nitrogens with zero attached hydrogens (tertiary/aromatic N) is 3. The molecule has 0 aliphatic rings. The topological polar surface area (TPSA) is 42.7 Å². The van der Waals surface area contributed by atoms with Crippen LogP contribution in [0, 0.1) is 5.92 Å². The molecule has 0 spiro atoms. The predicted molar refractivity (Wildman–Crippen MR) is 74.2 cm³/mol. The maximum atomic E-state index is 4.29. The highest BCUT2D eigenvalue weighted by molar-refractivity contribution is 7.99. The van der Waals surface area contributed by atoms with E-state index in [1.807, 2.05) is 16.4 Å². The van der Waals surface area contributed by atoms with Gasteiger partial charge in [-0.15, -0.1) is 0 Å². The number of aryl methyl sites for hydroxylation is 1. The average molecular weight is 256 g/mol. The summed E-state index contributed by atoms with van der Waals surface area (Å²) in [7, 11) is 0. The molecule has 17 heavy (non-hydrogen) atoms. The van der Waals surface area contributed by atoms with Gasteiger partial charge in [-0.1, -0.05) is 20.8 Å². The molecular weight excluding hydrogens is 232 g/mol. The van der Waals surface area contributed by atoms with Crippen molar-refractivity contribution in [1.82, 2.24) is 20.1 Å². The molecule has 0 aliphatic carbocycles. The highest BCUT2D eigenvalue weighted by Crippen LogP contribution is 2.03. The summed E-state index contributed by atoms with van der Waals surface area (Å²) in [6.45, 7) is 9.43. The van der Waals surface area contributed by atoms with E-state index in [4.69, 9.17) is 0 Å². The lowest BCUT2D eigenvalue weighted by Crippen LogP contribution is -2.22. The number of nitrogens with one attached hydrogen (secondary N) is 1. The number of thioether (sulfide) groups is 1. The maximum absolute atomic E-state index is 4.29. The van der Waals surface area contributed by atoms with Gasteiger partial charge in [0.25, 0.3) is 0 Å². The monoisotopic (exact) mass is 256 g/mol. The van der Waals surface area contributed by atoms with Crippen LogP contribution in [0.15, 0.2) is 6.33 Å². The zero-order chi connectivity index (χ0) is 12.5. The van der Waals surface area contributed by atoms with Crippen LogP contribution in [-0.4, -0.2) is 32.8 Å². The van der Waals surface area contributed by atoms with E-state index >= 15 is 0 Å². The van der Waals surface area contributed by atoms with Crippen LogP contribution in [0.1, 0.15) is 33.0 Å². The quantitative estimate of drug-likeness (QED) is 0.688. The Bertz CT molecular complexity index is 298. The summed E-state index contributed by atoms with van der Waals surface area (Å²) in [6, 6.07) is 0. The Labute approximate surface area is 109 Å². The van der Waals surface area contributed by atoms with Crippen LogP contribution in [0.5, 0.6) is 0 Å². The van der Waals surface area contributed by atoms with E-state index in [1.165, 1.54) is 17.9 Å². The molecule has 0 atom stereocenters. The lowest BCUT2D eigenvalue weighted by molar-refractivity contribution is 0.509. The number of hydrogen-bond donors (Lipinski definition) is 1. The second-order valence-electron chi connectivity index (χ2n) is 4.47. The summed E-state index contributed by atoms with van der Waals surface area (Å²) in [4.78, 5) is 4.29. The lowest BCUT2D eigenvalue weighted by atomic mass is 10.2. The van der Waals surface area contributed by atoms with Crippen LogP contribution >= 0.6 is 11.8 Å². The van der Waals surface area contributed by atoms with Gasteiger partial charge >= 0.3 is 0 Å². The Kier molecular flexibility index (Phi) is 7.28. The van der Waals surface area contributed by atoms with Crippen LogP contribution in [0.2, 0.25) is 0 Å². The molecule has 0 saturated heterocycles. The first-order valence-corrected chi connectivity index (χ1v) is 7.54. The van der Waals surface area contributed by atoms with Gasteiger partial charge in [-0.3, -0.25) is 0 Å². The minimum atomic E-state index is 0.673. The zero-order valence-corrected chi connectivity index (χ0v) is 12.0. The highest BCUT2D eigenvalue weighted by atomic mass is 32.2. The Morgan fingerprint density at radius 2 is 2.29 bits per heavy atom. The summed E-state index contributed by atoms with van der Waals surface area (Å²) in [5.41, 5.74) is 0. The van der Waals surface area contributed by atoms with Crippen LogP contribution < -0.4 is 5.32 Å². The van der Waals surface area contributed by atoms with E-state index in [1.54, 1.807) is 6.33 Å². The number of hydrogen-bond acceptors (Lipinski definition) is 4. The molecule has 0 bridgehead atoms. The first-order chi connectivity index (χ1) is 8.24. The van der Waals surface area contributed by atoms with Gasteiger partial charge in [0, 0.05) is 6.54 Å². The van der Waals surface area contributed by atoms with Gasteiger partial charge < -0.3 is 5.32 Å². The third-order valence-electron chi connectivity index (χ3n) is 2.39. The minimum absolute atomic E-state index is 0.673. The van der Waals surface area contributed by atoms with E-state index < -0.39 is 0 Å². The Morgan fingerprint density at radius 1 is 1.47 bits per heavy atom. The first kappa shape index (κ1) is 14.5. The molecule has 5 heteroatoms. The molecule has 0 fully saturated rings. The van der Waals surface area contributed by atoms with Crippen molar-refractivity contribution < 1.29 is 0 Å². The maximum Gasteiger partial charge on any atom is 0.140 e. The van der Waals surface area contributed by atoms with Crippen LogP contribution in [-0.2, 0) is 13.1 Å². The Balaban J connectivity index is 2.27. The third-order valence-corrected chi connectivity index (χ3v) is 3.38. The third kappa shape index (κ3) is 6.07. The highest BCUT2D eigenvalue weighted by Gasteiger charge is 2.03. The van der Waals surface area contributed by atoms with E-state index in [2.05, 4.69) is 36.2 Å². The van der Waals surface area contributed by atoms with Crippen molar-refractivity contribution in [2.75, 3.05) is 18.1 Å². The first-order valence-electron chi connectivity index (χ1n) is 6.39. The lowest BCUT2D eigenvalue weighted by Gasteiger charge is -2.08. The van der Waals surface area contributed by atoms with Gasteiger partial charge in [0.1, 0.15) is 12.2 Å². The van der Waals surface area contributed by atoms with Crippen molar-refractivity contribution in [3.63, 3.8) is 0 Å². The largest absolute Gasteiger partial charge is 0.310 e. The molecule has 1 aromatic rings. The molecule has 0 radical (unpaired) electrons. The van der Waals surface area contributed by atoms with Crippen molar-refractivity contribution >= 4 is 11.8 Å². The second-order valence-corrected chi connectivity index (χ2v) is 5.87. The average Bonchev–Trinajstić information content (AvgIpc) is 2.72. The van der Waals surface area contributed by atoms with Crippen molar-refractivity contribution in [3.8, 4) is 0 Å². The molecule has 0 saturated carbocycles. The summed E-state index contributed by atoms with van der Waals surface area (Å²) in [5.74, 6) is 4.12. The molecule has 1 rings (SSSR count). The molecule has 0 amide bonds. The van der Waals surface area contributed by atoms with E-state index in [-0.39, 0.29) is 0 Å². The van der Waals surface area contributed by atoms with Crippen LogP contribution in [0.25, 0.3) is 0 Å². The van der Waals surface area contributed by atoms with Gasteiger partial charge in [-0.2, -0.15) is 16.9 Å². The molecule has 1 aromatic heterocycles. The molecule has 1 heterocycles. The van der Waals surface area contributed by atoms with Crippen molar-refractivity contribution in [1.29, 1.82) is 0 Å². The molecule has 0 aromatic carbocycles. The van der Waals surface area contributed by atoms with Crippen LogP contribution in [0.3, 0.4) is 0 Å². The summed E-state index contributed by atoms with van der Waals surface area (Å²) < 4.78 is 2.02. The molecule has 1 N–H and O–H groups in total. The fourth-order valence-corrected chi connectivity index (χ4v) is 2.17. The molecular formula is C12H24N4S. The van der Waals surface area contributed by atoms with Gasteiger partial charge in [-0.05, 0) is 30.4 Å². The smallest absolute Gasteiger partial charge is 0.140 e. The van der Waals surface area contributed by atoms with E-state index in [9.17, 15) is 0 Å². The summed E-state index contributed by atoms with van der Waals surface area (Å²) in [5, 5.41) is 7.67. The Morgan fingerprint density at radius 3 is 3.00 bits per heavy atom. The summed E-state index contributed by atoms with van der Waals surface area (Å²) in [6.07, 6.45) is 2.82. The molecule has 4 nitrogen and oxygen atoms in total. The molecule has 0 aliphatic heterocycles. The second kappa shape index (κ2) is 8.53. The van der Waals surface area contributed by atoms with E-state index in [0.29, 0.717) is 5.92 Å². The van der Waals surface area contributed by atoms with Crippen LogP contribution in [0.4, 0.5) is 0 Å². The molecule has 0 unspecified atom stereocenters. The molecule has 98 valence electrons. The van der Waals surface area contributed by atoms with Gasteiger partial charge in [0.2, 0.25) is 0 Å². The van der Waals surface area contributed by atoms with Gasteiger partial charge in [0.15, 0.2) is 0 Å². The van der Waals surface area contributed by atoms with E-state index in [0.717, 1.165) is 25.5 Å². The standard InChI is InChI=1S/C12H24N4S/c1-4-17-7-5-6-16-12(14-10-15-16)9-13-8-11(2)3/h10-11,13H,4-9H2,1-3H3. The fourth-order valence-electron chi connectivity index (χ4n) is 1.55.